The van der Waals surface area contributed by atoms with Gasteiger partial charge in [0.15, 0.2) is 0 Å². The van der Waals surface area contributed by atoms with Gasteiger partial charge in [0.05, 0.1) is 0 Å². The quantitative estimate of drug-likeness (QED) is 0.414. The van der Waals surface area contributed by atoms with Crippen LogP contribution in [0.2, 0.25) is 0 Å². The molecule has 58 valence electrons. The Bertz CT molecular complexity index is 32.8. The van der Waals surface area contributed by atoms with Crippen molar-refractivity contribution in [2.45, 2.75) is 27.2 Å². The zero-order valence-electron chi connectivity index (χ0n) is 7.74. The van der Waals surface area contributed by atoms with E-state index in [9.17, 15) is 0 Å². The first-order valence-corrected chi connectivity index (χ1v) is 3.64. The summed E-state index contributed by atoms with van der Waals surface area (Å²) in [6.45, 7) is 7.84. The molecule has 0 heterocycles. The van der Waals surface area contributed by atoms with Crippen LogP contribution in [0.1, 0.15) is 27.2 Å². The monoisotopic (exact) mass is 171 g/mol. The van der Waals surface area contributed by atoms with E-state index >= 15 is 0 Å². The van der Waals surface area contributed by atoms with Crippen molar-refractivity contribution in [3.05, 3.63) is 5.73 Å². The average molecular weight is 171 g/mol. The minimum atomic E-state index is 0. The molecule has 0 bridgehead atoms. The average Bonchev–Trinajstić information content (AvgIpc) is 1.94. The van der Waals surface area contributed by atoms with Crippen molar-refractivity contribution in [2.75, 3.05) is 19.8 Å². The summed E-state index contributed by atoms with van der Waals surface area (Å²) in [5, 5.41) is 0. The molecule has 0 aromatic heterocycles. The van der Waals surface area contributed by atoms with E-state index in [1.165, 1.54) is 0 Å². The topological polar surface area (TPSA) is 33.0 Å². The number of hydrogen-bond donors (Lipinski definition) is 0. The van der Waals surface area contributed by atoms with Gasteiger partial charge in [0, 0.05) is 13.2 Å². The van der Waals surface area contributed by atoms with Crippen molar-refractivity contribution >= 4 is 0 Å². The molecule has 0 saturated carbocycles. The zero-order valence-corrected chi connectivity index (χ0v) is 10.9. The minimum absolute atomic E-state index is 0. The van der Waals surface area contributed by atoms with Gasteiger partial charge >= 0.3 is 51.4 Å². The molecule has 2 nitrogen and oxygen atoms in total. The van der Waals surface area contributed by atoms with E-state index in [0.717, 1.165) is 13.0 Å². The molecule has 10 heavy (non-hydrogen) atoms. The second-order valence-corrected chi connectivity index (χ2v) is 1.36. The second-order valence-electron chi connectivity index (χ2n) is 1.36. The Kier molecular flexibility index (Phi) is 39.4. The van der Waals surface area contributed by atoms with Crippen LogP contribution in [-0.4, -0.2) is 19.8 Å². The Morgan fingerprint density at radius 3 is 2.00 bits per heavy atom. The molecule has 0 rings (SSSR count). The Morgan fingerprint density at radius 1 is 1.20 bits per heavy atom. The number of ether oxygens (including phenoxy) is 1. The van der Waals surface area contributed by atoms with Gasteiger partial charge < -0.3 is 10.5 Å². The number of hydrogen-bond acceptors (Lipinski definition) is 1. The van der Waals surface area contributed by atoms with Crippen LogP contribution in [-0.2, 0) is 4.74 Å². The van der Waals surface area contributed by atoms with Crippen molar-refractivity contribution in [1.82, 2.24) is 0 Å². The molecule has 0 amide bonds. The molecule has 0 aromatic rings. The fourth-order valence-electron chi connectivity index (χ4n) is 0.319. The molecule has 0 aliphatic carbocycles. The molecule has 0 fully saturated rings. The van der Waals surface area contributed by atoms with Crippen LogP contribution >= 0.6 is 0 Å². The van der Waals surface area contributed by atoms with E-state index in [2.05, 4.69) is 6.92 Å². The first-order valence-electron chi connectivity index (χ1n) is 3.64. The van der Waals surface area contributed by atoms with E-state index < -0.39 is 0 Å². The summed E-state index contributed by atoms with van der Waals surface area (Å²) in [5.74, 6) is 0. The molecular formula is C7H18KNO. The van der Waals surface area contributed by atoms with E-state index in [1.807, 2.05) is 13.8 Å². The van der Waals surface area contributed by atoms with E-state index in [1.54, 1.807) is 0 Å². The van der Waals surface area contributed by atoms with Crippen molar-refractivity contribution in [3.63, 3.8) is 0 Å². The van der Waals surface area contributed by atoms with Crippen LogP contribution in [0.3, 0.4) is 0 Å². The maximum absolute atomic E-state index is 6.66. The minimum Gasteiger partial charge on any atom is -0.676 e. The van der Waals surface area contributed by atoms with Gasteiger partial charge in [0.25, 0.3) is 0 Å². The van der Waals surface area contributed by atoms with Gasteiger partial charge in [-0.15, -0.1) is 6.54 Å². The molecule has 0 aliphatic heterocycles. The molecule has 0 saturated heterocycles. The van der Waals surface area contributed by atoms with Crippen LogP contribution in [0, 0.1) is 0 Å². The van der Waals surface area contributed by atoms with E-state index in [4.69, 9.17) is 10.5 Å². The van der Waals surface area contributed by atoms with Gasteiger partial charge in [0.2, 0.25) is 0 Å². The first-order chi connectivity index (χ1) is 4.41. The Morgan fingerprint density at radius 2 is 1.70 bits per heavy atom. The van der Waals surface area contributed by atoms with E-state index in [-0.39, 0.29) is 51.4 Å². The summed E-state index contributed by atoms with van der Waals surface area (Å²) < 4.78 is 4.94. The molecule has 0 unspecified atom stereocenters. The summed E-state index contributed by atoms with van der Waals surface area (Å²) in [4.78, 5) is 0. The van der Waals surface area contributed by atoms with Gasteiger partial charge in [-0.1, -0.05) is 20.8 Å². The molecule has 0 aromatic carbocycles. The predicted octanol–water partition coefficient (Wildman–Crippen LogP) is -0.505. The van der Waals surface area contributed by atoms with Crippen molar-refractivity contribution < 1.29 is 56.1 Å². The van der Waals surface area contributed by atoms with Crippen molar-refractivity contribution in [3.8, 4) is 0 Å². The normalized spacial score (nSPS) is 7.20. The van der Waals surface area contributed by atoms with Gasteiger partial charge in [0.1, 0.15) is 0 Å². The number of rotatable bonds is 4. The third-order valence-corrected chi connectivity index (χ3v) is 0.595. The zero-order chi connectivity index (χ0) is 7.54. The second kappa shape index (κ2) is 22.4. The van der Waals surface area contributed by atoms with Crippen LogP contribution in [0.4, 0.5) is 0 Å². The predicted molar refractivity (Wildman–Crippen MR) is 41.6 cm³/mol. The molecule has 1 N–H and O–H groups in total. The molecule has 0 spiro atoms. The van der Waals surface area contributed by atoms with Crippen LogP contribution in [0.5, 0.6) is 0 Å². The third kappa shape index (κ3) is 22.7. The molecule has 0 radical (unpaired) electrons. The van der Waals surface area contributed by atoms with Crippen LogP contribution in [0.15, 0.2) is 0 Å². The van der Waals surface area contributed by atoms with Crippen molar-refractivity contribution in [1.29, 1.82) is 0 Å². The number of nitrogens with one attached hydrogen (secondary N) is 1. The summed E-state index contributed by atoms with van der Waals surface area (Å²) in [6.07, 6.45) is 1.06. The van der Waals surface area contributed by atoms with Gasteiger partial charge in [-0.05, 0) is 6.42 Å². The molecule has 0 aliphatic rings. The Balaban J connectivity index is -0.000000149. The Labute approximate surface area is 107 Å². The standard InChI is InChI=1S/C5H12NO.C2H6.K/c1-2-4-7-5-3-6;1-2;/h6H,2-5H2,1H3;1-2H3;/q-1;;+1. The summed E-state index contributed by atoms with van der Waals surface area (Å²) in [6, 6.07) is 0. The Hall–Kier alpha value is 1.56. The summed E-state index contributed by atoms with van der Waals surface area (Å²) in [5.41, 5.74) is 6.66. The fraction of sp³-hybridized carbons (Fsp3) is 1.00. The molecular weight excluding hydrogens is 153 g/mol. The maximum atomic E-state index is 6.66. The third-order valence-electron chi connectivity index (χ3n) is 0.595. The van der Waals surface area contributed by atoms with Gasteiger partial charge in [-0.3, -0.25) is 0 Å². The van der Waals surface area contributed by atoms with Crippen LogP contribution < -0.4 is 51.4 Å². The first kappa shape index (κ1) is 17.6. The van der Waals surface area contributed by atoms with E-state index in [0.29, 0.717) is 13.2 Å². The van der Waals surface area contributed by atoms with Crippen molar-refractivity contribution in [2.24, 2.45) is 0 Å². The smallest absolute Gasteiger partial charge is 0.676 e. The van der Waals surface area contributed by atoms with Gasteiger partial charge in [-0.2, -0.15) is 0 Å². The molecule has 0 atom stereocenters. The summed E-state index contributed by atoms with van der Waals surface area (Å²) >= 11 is 0. The SMILES string of the molecule is CC.CCCOCC[NH-].[K+]. The largest absolute Gasteiger partial charge is 1.00 e. The van der Waals surface area contributed by atoms with Crippen LogP contribution in [0.25, 0.3) is 5.73 Å². The fourth-order valence-corrected chi connectivity index (χ4v) is 0.319. The maximum Gasteiger partial charge on any atom is 1.00 e. The van der Waals surface area contributed by atoms with Gasteiger partial charge in [-0.25, -0.2) is 0 Å². The summed E-state index contributed by atoms with van der Waals surface area (Å²) in [7, 11) is 0. The molecule has 3 heteroatoms.